The zero-order valence-corrected chi connectivity index (χ0v) is 9.24. The number of nitrogens with two attached hydrogens (primary N) is 1. The molecule has 6 nitrogen and oxygen atoms in total. The molecule has 15 heavy (non-hydrogen) atoms. The van der Waals surface area contributed by atoms with Gasteiger partial charge in [-0.2, -0.15) is 4.98 Å². The third-order valence-corrected chi connectivity index (χ3v) is 1.90. The van der Waals surface area contributed by atoms with Crippen molar-refractivity contribution in [1.29, 1.82) is 0 Å². The average molecular weight is 210 g/mol. The Hall–Kier alpha value is -1.85. The molecule has 0 saturated carbocycles. The van der Waals surface area contributed by atoms with E-state index < -0.39 is 5.97 Å². The number of hydrogen-bond acceptors (Lipinski definition) is 6. The van der Waals surface area contributed by atoms with Crippen molar-refractivity contribution in [2.45, 2.75) is 6.92 Å². The molecule has 0 aliphatic rings. The Bertz CT molecular complexity index is 367. The highest BCUT2D eigenvalue weighted by molar-refractivity contribution is 5.95. The number of hydrogen-bond donors (Lipinski definition) is 1. The first kappa shape index (κ1) is 11.2. The van der Waals surface area contributed by atoms with Crippen molar-refractivity contribution in [3.8, 4) is 0 Å². The monoisotopic (exact) mass is 210 g/mol. The quantitative estimate of drug-likeness (QED) is 0.703. The molecule has 1 rings (SSSR count). The van der Waals surface area contributed by atoms with Crippen LogP contribution in [0.5, 0.6) is 0 Å². The summed E-state index contributed by atoms with van der Waals surface area (Å²) in [4.78, 5) is 21.2. The largest absolute Gasteiger partial charge is 0.465 e. The summed E-state index contributed by atoms with van der Waals surface area (Å²) in [6.07, 6.45) is 0. The second-order valence-corrected chi connectivity index (χ2v) is 3.26. The van der Waals surface area contributed by atoms with Crippen LogP contribution in [0.4, 0.5) is 11.8 Å². The maximum atomic E-state index is 11.3. The molecule has 1 aromatic rings. The van der Waals surface area contributed by atoms with Crippen LogP contribution >= 0.6 is 0 Å². The predicted molar refractivity (Wildman–Crippen MR) is 56.8 cm³/mol. The normalized spacial score (nSPS) is 9.87. The van der Waals surface area contributed by atoms with Gasteiger partial charge in [0.2, 0.25) is 5.95 Å². The lowest BCUT2D eigenvalue weighted by molar-refractivity contribution is 0.0600. The summed E-state index contributed by atoms with van der Waals surface area (Å²) in [6.45, 7) is 1.69. The molecular formula is C9H14N4O2. The molecule has 0 saturated heterocycles. The lowest BCUT2D eigenvalue weighted by Gasteiger charge is -2.13. The number of carbonyl (C=O) groups is 1. The molecule has 0 fully saturated rings. The SMILES string of the molecule is COC(=O)c1c(C)nc(N(C)C)nc1N. The van der Waals surface area contributed by atoms with Gasteiger partial charge in [0.05, 0.1) is 12.8 Å². The fourth-order valence-corrected chi connectivity index (χ4v) is 1.13. The van der Waals surface area contributed by atoms with Crippen molar-refractivity contribution in [2.75, 3.05) is 31.8 Å². The standard InChI is InChI=1S/C9H14N4O2/c1-5-6(8(14)15-4)7(10)12-9(11-5)13(2)3/h1-4H3,(H2,10,11,12). The van der Waals surface area contributed by atoms with E-state index in [-0.39, 0.29) is 11.4 Å². The van der Waals surface area contributed by atoms with E-state index in [0.29, 0.717) is 11.6 Å². The van der Waals surface area contributed by atoms with Crippen molar-refractivity contribution in [1.82, 2.24) is 9.97 Å². The molecule has 0 radical (unpaired) electrons. The van der Waals surface area contributed by atoms with Gasteiger partial charge in [-0.05, 0) is 6.92 Å². The van der Waals surface area contributed by atoms with Crippen LogP contribution in [-0.2, 0) is 4.74 Å². The lowest BCUT2D eigenvalue weighted by atomic mass is 10.2. The molecule has 0 aliphatic heterocycles. The van der Waals surface area contributed by atoms with Gasteiger partial charge in [0.15, 0.2) is 0 Å². The fraction of sp³-hybridized carbons (Fsp3) is 0.444. The Morgan fingerprint density at radius 3 is 2.40 bits per heavy atom. The molecule has 2 N–H and O–H groups in total. The van der Waals surface area contributed by atoms with Gasteiger partial charge < -0.3 is 15.4 Å². The number of aromatic nitrogens is 2. The van der Waals surface area contributed by atoms with Gasteiger partial charge in [0.25, 0.3) is 0 Å². The number of carbonyl (C=O) groups excluding carboxylic acids is 1. The van der Waals surface area contributed by atoms with E-state index in [1.54, 1.807) is 25.9 Å². The summed E-state index contributed by atoms with van der Waals surface area (Å²) in [6, 6.07) is 0. The van der Waals surface area contributed by atoms with Crippen molar-refractivity contribution in [2.24, 2.45) is 0 Å². The number of anilines is 2. The Kier molecular flexibility index (Phi) is 3.08. The zero-order valence-electron chi connectivity index (χ0n) is 9.24. The van der Waals surface area contributed by atoms with E-state index in [1.165, 1.54) is 7.11 Å². The van der Waals surface area contributed by atoms with Crippen LogP contribution < -0.4 is 10.6 Å². The van der Waals surface area contributed by atoms with Crippen molar-refractivity contribution < 1.29 is 9.53 Å². The molecule has 0 aromatic carbocycles. The molecule has 0 aliphatic carbocycles. The number of aryl methyl sites for hydroxylation is 1. The van der Waals surface area contributed by atoms with Crippen LogP contribution in [-0.4, -0.2) is 37.1 Å². The molecule has 82 valence electrons. The summed E-state index contributed by atoms with van der Waals surface area (Å²) in [7, 11) is 4.89. The van der Waals surface area contributed by atoms with Gasteiger partial charge in [0.1, 0.15) is 11.4 Å². The highest BCUT2D eigenvalue weighted by atomic mass is 16.5. The minimum absolute atomic E-state index is 0.137. The molecule has 0 atom stereocenters. The topological polar surface area (TPSA) is 81.3 Å². The summed E-state index contributed by atoms with van der Waals surface area (Å²) >= 11 is 0. The zero-order chi connectivity index (χ0) is 11.6. The summed E-state index contributed by atoms with van der Waals surface area (Å²) in [5.41, 5.74) is 6.40. The smallest absolute Gasteiger partial charge is 0.343 e. The van der Waals surface area contributed by atoms with Gasteiger partial charge in [-0.1, -0.05) is 0 Å². The van der Waals surface area contributed by atoms with Gasteiger partial charge in [-0.15, -0.1) is 0 Å². The van der Waals surface area contributed by atoms with Crippen molar-refractivity contribution >= 4 is 17.7 Å². The number of methoxy groups -OCH3 is 1. The minimum Gasteiger partial charge on any atom is -0.465 e. The molecule has 0 spiro atoms. The first-order valence-electron chi connectivity index (χ1n) is 4.37. The number of esters is 1. The maximum absolute atomic E-state index is 11.3. The molecule has 1 heterocycles. The van der Waals surface area contributed by atoms with Gasteiger partial charge in [-0.3, -0.25) is 0 Å². The minimum atomic E-state index is -0.518. The number of rotatable bonds is 2. The third-order valence-electron chi connectivity index (χ3n) is 1.90. The van der Waals surface area contributed by atoms with Crippen LogP contribution in [0, 0.1) is 6.92 Å². The van der Waals surface area contributed by atoms with Gasteiger partial charge in [0, 0.05) is 14.1 Å². The number of nitrogen functional groups attached to an aromatic ring is 1. The van der Waals surface area contributed by atoms with Crippen LogP contribution in [0.1, 0.15) is 16.1 Å². The average Bonchev–Trinajstić information content (AvgIpc) is 2.16. The van der Waals surface area contributed by atoms with Gasteiger partial charge >= 0.3 is 5.97 Å². The van der Waals surface area contributed by atoms with E-state index in [1.807, 2.05) is 0 Å². The highest BCUT2D eigenvalue weighted by Gasteiger charge is 2.17. The molecule has 0 unspecified atom stereocenters. The van der Waals surface area contributed by atoms with E-state index in [4.69, 9.17) is 5.73 Å². The highest BCUT2D eigenvalue weighted by Crippen LogP contribution is 2.17. The number of nitrogens with zero attached hydrogens (tertiary/aromatic N) is 3. The first-order valence-corrected chi connectivity index (χ1v) is 4.37. The Morgan fingerprint density at radius 1 is 1.40 bits per heavy atom. The molecule has 6 heteroatoms. The van der Waals surface area contributed by atoms with E-state index in [0.717, 1.165) is 0 Å². The van der Waals surface area contributed by atoms with Crippen LogP contribution in [0.3, 0.4) is 0 Å². The Morgan fingerprint density at radius 2 is 2.00 bits per heavy atom. The Labute approximate surface area is 88.1 Å². The van der Waals surface area contributed by atoms with Gasteiger partial charge in [-0.25, -0.2) is 9.78 Å². The van der Waals surface area contributed by atoms with E-state index >= 15 is 0 Å². The molecule has 1 aromatic heterocycles. The van der Waals surface area contributed by atoms with Crippen LogP contribution in [0.2, 0.25) is 0 Å². The predicted octanol–water partition coefficient (Wildman–Crippen LogP) is 0.220. The molecule has 0 amide bonds. The Balaban J connectivity index is 3.27. The van der Waals surface area contributed by atoms with E-state index in [2.05, 4.69) is 14.7 Å². The van der Waals surface area contributed by atoms with Crippen molar-refractivity contribution in [3.63, 3.8) is 0 Å². The fourth-order valence-electron chi connectivity index (χ4n) is 1.13. The lowest BCUT2D eigenvalue weighted by Crippen LogP contribution is -2.18. The van der Waals surface area contributed by atoms with Crippen LogP contribution in [0.15, 0.2) is 0 Å². The second kappa shape index (κ2) is 4.12. The summed E-state index contributed by atoms with van der Waals surface area (Å²) < 4.78 is 4.59. The maximum Gasteiger partial charge on any atom is 0.343 e. The first-order chi connectivity index (χ1) is 6.97. The van der Waals surface area contributed by atoms with Crippen LogP contribution in [0.25, 0.3) is 0 Å². The second-order valence-electron chi connectivity index (χ2n) is 3.26. The number of ether oxygens (including phenoxy) is 1. The molecular weight excluding hydrogens is 196 g/mol. The summed E-state index contributed by atoms with van der Waals surface area (Å²) in [5.74, 6) is 0.0889. The van der Waals surface area contributed by atoms with Crippen molar-refractivity contribution in [3.05, 3.63) is 11.3 Å². The molecule has 0 bridgehead atoms. The summed E-state index contributed by atoms with van der Waals surface area (Å²) in [5, 5.41) is 0. The third kappa shape index (κ3) is 2.15. The van der Waals surface area contributed by atoms with E-state index in [9.17, 15) is 4.79 Å².